The molecule has 3 atom stereocenters. The molecule has 9 heteroatoms. The number of rotatable bonds is 8. The van der Waals surface area contributed by atoms with Crippen LogP contribution in [0.3, 0.4) is 0 Å². The molecule has 3 rings (SSSR count). The van der Waals surface area contributed by atoms with E-state index in [1.54, 1.807) is 0 Å². The monoisotopic (exact) mass is 496 g/mol. The van der Waals surface area contributed by atoms with E-state index in [0.29, 0.717) is 12.1 Å². The average Bonchev–Trinajstić information content (AvgIpc) is 2.75. The number of halogens is 2. The summed E-state index contributed by atoms with van der Waals surface area (Å²) < 4.78 is 57.2. The molecule has 4 N–H and O–H groups in total. The third kappa shape index (κ3) is 6.67. The van der Waals surface area contributed by atoms with Gasteiger partial charge in [-0.1, -0.05) is 45.0 Å². The van der Waals surface area contributed by atoms with Gasteiger partial charge in [0, 0.05) is 18.5 Å². The number of aliphatic hydroxyl groups excluding tert-OH is 1. The quantitative estimate of drug-likeness (QED) is 0.486. The van der Waals surface area contributed by atoms with Crippen molar-refractivity contribution in [3.63, 3.8) is 0 Å². The molecule has 0 saturated carbocycles. The van der Waals surface area contributed by atoms with Crippen molar-refractivity contribution in [3.05, 3.63) is 58.9 Å². The van der Waals surface area contributed by atoms with E-state index in [9.17, 15) is 22.3 Å². The Labute approximate surface area is 200 Å². The molecular weight excluding hydrogens is 462 g/mol. The fourth-order valence-electron chi connectivity index (χ4n) is 4.28. The second-order valence-electron chi connectivity index (χ2n) is 10.00. The highest BCUT2D eigenvalue weighted by atomic mass is 32.2. The van der Waals surface area contributed by atoms with Crippen LogP contribution in [-0.2, 0) is 28.2 Å². The lowest BCUT2D eigenvalue weighted by Gasteiger charge is -2.35. The minimum Gasteiger partial charge on any atom is -0.489 e. The molecule has 1 aliphatic rings. The number of hydrogen-bond donors (Lipinski definition) is 3. The second kappa shape index (κ2) is 10.6. The van der Waals surface area contributed by atoms with E-state index >= 15 is 0 Å². The van der Waals surface area contributed by atoms with Crippen LogP contribution in [0.2, 0.25) is 0 Å². The van der Waals surface area contributed by atoms with Gasteiger partial charge >= 0.3 is 0 Å². The fraction of sp³-hybridized carbons (Fsp3) is 0.520. The maximum Gasteiger partial charge on any atom is 0.152 e. The number of alkyl halides is 1. The topological polar surface area (TPSA) is 102 Å². The third-order valence-corrected chi connectivity index (χ3v) is 7.95. The number of sulfone groups is 1. The molecule has 0 unspecified atom stereocenters. The summed E-state index contributed by atoms with van der Waals surface area (Å²) in [5, 5.41) is 14.2. The summed E-state index contributed by atoms with van der Waals surface area (Å²) in [5.41, 5.74) is 8.01. The van der Waals surface area contributed by atoms with E-state index in [-0.39, 0.29) is 41.4 Å². The van der Waals surface area contributed by atoms with Gasteiger partial charge in [-0.15, -0.1) is 0 Å². The SMILES string of the molecule is CC(C)(C)c1cccc(CN[C@H]2CS(=O)(=O)C[C@@H](Cc3cc(F)c(N)c(OCCF)c3)[C@@H]2O)c1. The lowest BCUT2D eigenvalue weighted by molar-refractivity contribution is 0.0780. The van der Waals surface area contributed by atoms with Gasteiger partial charge in [0.2, 0.25) is 0 Å². The van der Waals surface area contributed by atoms with Gasteiger partial charge in [0.25, 0.3) is 0 Å². The van der Waals surface area contributed by atoms with E-state index in [0.717, 1.165) is 11.1 Å². The predicted molar refractivity (Wildman–Crippen MR) is 130 cm³/mol. The van der Waals surface area contributed by atoms with E-state index in [2.05, 4.69) is 38.2 Å². The summed E-state index contributed by atoms with van der Waals surface area (Å²) in [7, 11) is -3.43. The number of nitrogens with two attached hydrogens (primary N) is 1. The van der Waals surface area contributed by atoms with Crippen molar-refractivity contribution in [2.45, 2.75) is 51.3 Å². The molecule has 0 bridgehead atoms. The van der Waals surface area contributed by atoms with Gasteiger partial charge in [0.15, 0.2) is 9.84 Å². The standard InChI is InChI=1S/C25H34F2N2O4S/c1-25(2,3)19-6-4-5-16(10-19)13-29-21-15-34(31,32)14-18(24(21)30)9-17-11-20(27)23(28)22(12-17)33-8-7-26/h4-6,10-12,18,21,24,29-30H,7-9,13-15,28H2,1-3H3/t18-,21+,24+/m1/s1. The van der Waals surface area contributed by atoms with Crippen molar-refractivity contribution < 1.29 is 27.0 Å². The molecule has 0 amide bonds. The van der Waals surface area contributed by atoms with E-state index < -0.39 is 40.4 Å². The minimum atomic E-state index is -3.43. The van der Waals surface area contributed by atoms with Gasteiger partial charge in [-0.3, -0.25) is 0 Å². The van der Waals surface area contributed by atoms with E-state index in [1.807, 2.05) is 12.1 Å². The molecule has 1 heterocycles. The summed E-state index contributed by atoms with van der Waals surface area (Å²) in [4.78, 5) is 0. The molecule has 6 nitrogen and oxygen atoms in total. The zero-order valence-corrected chi connectivity index (χ0v) is 20.7. The minimum absolute atomic E-state index is 0.00853. The van der Waals surface area contributed by atoms with E-state index in [4.69, 9.17) is 10.5 Å². The van der Waals surface area contributed by atoms with Crippen LogP contribution in [0.15, 0.2) is 36.4 Å². The highest BCUT2D eigenvalue weighted by Gasteiger charge is 2.39. The van der Waals surface area contributed by atoms with Crippen LogP contribution in [-0.4, -0.2) is 50.5 Å². The van der Waals surface area contributed by atoms with Crippen molar-refractivity contribution in [1.29, 1.82) is 0 Å². The summed E-state index contributed by atoms with van der Waals surface area (Å²) in [5.74, 6) is -1.75. The van der Waals surface area contributed by atoms with Gasteiger partial charge in [-0.25, -0.2) is 17.2 Å². The Morgan fingerprint density at radius 1 is 1.18 bits per heavy atom. The lowest BCUT2D eigenvalue weighted by atomic mass is 9.86. The molecule has 1 fully saturated rings. The van der Waals surface area contributed by atoms with Crippen molar-refractivity contribution >= 4 is 15.5 Å². The Hall–Kier alpha value is -2.23. The summed E-state index contributed by atoms with van der Waals surface area (Å²) in [6.45, 7) is 5.75. The molecular formula is C25H34F2N2O4S. The zero-order valence-electron chi connectivity index (χ0n) is 19.9. The van der Waals surface area contributed by atoms with Crippen LogP contribution in [0, 0.1) is 11.7 Å². The number of anilines is 1. The number of benzene rings is 2. The Bertz CT molecular complexity index is 1100. The molecule has 2 aromatic rings. The zero-order chi connectivity index (χ0) is 25.1. The normalized spacial score (nSPS) is 22.5. The Balaban J connectivity index is 1.75. The molecule has 0 aliphatic carbocycles. The fourth-order valence-corrected chi connectivity index (χ4v) is 6.25. The van der Waals surface area contributed by atoms with Gasteiger partial charge in [0.05, 0.1) is 17.6 Å². The number of hydrogen-bond acceptors (Lipinski definition) is 6. The van der Waals surface area contributed by atoms with Crippen molar-refractivity contribution in [1.82, 2.24) is 5.32 Å². The lowest BCUT2D eigenvalue weighted by Crippen LogP contribution is -2.54. The van der Waals surface area contributed by atoms with E-state index in [1.165, 1.54) is 12.1 Å². The van der Waals surface area contributed by atoms with Crippen LogP contribution in [0.5, 0.6) is 5.75 Å². The molecule has 0 spiro atoms. The van der Waals surface area contributed by atoms with Gasteiger partial charge in [-0.05, 0) is 40.7 Å². The predicted octanol–water partition coefficient (Wildman–Crippen LogP) is 3.16. The highest BCUT2D eigenvalue weighted by molar-refractivity contribution is 7.91. The number of ether oxygens (including phenoxy) is 1. The first-order valence-corrected chi connectivity index (χ1v) is 13.2. The Kier molecular flexibility index (Phi) is 8.21. The summed E-state index contributed by atoms with van der Waals surface area (Å²) in [6.07, 6.45) is -0.841. The first-order chi connectivity index (χ1) is 15.9. The molecule has 1 saturated heterocycles. The molecule has 1 aliphatic heterocycles. The van der Waals surface area contributed by atoms with Gasteiger partial charge in [-0.2, -0.15) is 0 Å². The van der Waals surface area contributed by atoms with Crippen LogP contribution in [0.25, 0.3) is 0 Å². The molecule has 2 aromatic carbocycles. The molecule has 0 radical (unpaired) electrons. The molecule has 188 valence electrons. The van der Waals surface area contributed by atoms with Gasteiger partial charge < -0.3 is 20.9 Å². The second-order valence-corrected chi connectivity index (χ2v) is 12.2. The summed E-state index contributed by atoms with van der Waals surface area (Å²) in [6, 6.07) is 10.1. The Morgan fingerprint density at radius 3 is 2.59 bits per heavy atom. The van der Waals surface area contributed by atoms with Crippen molar-refractivity contribution in [2.24, 2.45) is 5.92 Å². The first kappa shape index (κ1) is 26.4. The maximum atomic E-state index is 14.3. The van der Waals surface area contributed by atoms with Crippen LogP contribution < -0.4 is 15.8 Å². The highest BCUT2D eigenvalue weighted by Crippen LogP contribution is 2.30. The number of nitrogen functional groups attached to an aromatic ring is 1. The summed E-state index contributed by atoms with van der Waals surface area (Å²) >= 11 is 0. The number of aliphatic hydroxyl groups is 1. The van der Waals surface area contributed by atoms with Crippen LogP contribution in [0.1, 0.15) is 37.5 Å². The largest absolute Gasteiger partial charge is 0.489 e. The van der Waals surface area contributed by atoms with Gasteiger partial charge in [0.1, 0.15) is 30.5 Å². The first-order valence-electron chi connectivity index (χ1n) is 11.4. The third-order valence-electron chi connectivity index (χ3n) is 6.14. The van der Waals surface area contributed by atoms with Crippen molar-refractivity contribution in [3.8, 4) is 5.75 Å². The number of nitrogens with one attached hydrogen (secondary N) is 1. The van der Waals surface area contributed by atoms with Crippen LogP contribution in [0.4, 0.5) is 14.5 Å². The van der Waals surface area contributed by atoms with Crippen LogP contribution >= 0.6 is 0 Å². The smallest absolute Gasteiger partial charge is 0.152 e. The molecule has 0 aromatic heterocycles. The Morgan fingerprint density at radius 2 is 1.91 bits per heavy atom. The molecule has 34 heavy (non-hydrogen) atoms. The maximum absolute atomic E-state index is 14.3. The van der Waals surface area contributed by atoms with Crippen molar-refractivity contribution in [2.75, 3.05) is 30.5 Å². The average molecular weight is 497 g/mol.